The predicted molar refractivity (Wildman–Crippen MR) is 71.3 cm³/mol. The average Bonchev–Trinajstić information content (AvgIpc) is 2.37. The molecule has 0 amide bonds. The molecule has 0 bridgehead atoms. The molecule has 0 spiro atoms. The standard InChI is InChI=1S/C15H9ClFN/c16-14-6-4-12(5-7-14)13(10-18)8-11-2-1-3-15(17)9-11/h1-9H. The van der Waals surface area contributed by atoms with E-state index >= 15 is 0 Å². The Hall–Kier alpha value is -2.11. The molecule has 2 aromatic carbocycles. The first-order chi connectivity index (χ1) is 8.69. The van der Waals surface area contributed by atoms with Crippen LogP contribution < -0.4 is 0 Å². The molecule has 2 rings (SSSR count). The van der Waals surface area contributed by atoms with E-state index in [9.17, 15) is 4.39 Å². The second-order valence-electron chi connectivity index (χ2n) is 3.73. The number of allylic oxidation sites excluding steroid dienone is 1. The van der Waals surface area contributed by atoms with Crippen LogP contribution in [0.4, 0.5) is 4.39 Å². The lowest BCUT2D eigenvalue weighted by Gasteiger charge is -2.00. The third-order valence-electron chi connectivity index (χ3n) is 2.44. The van der Waals surface area contributed by atoms with Crippen LogP contribution >= 0.6 is 11.6 Å². The van der Waals surface area contributed by atoms with Gasteiger partial charge >= 0.3 is 0 Å². The maximum absolute atomic E-state index is 13.0. The quantitative estimate of drug-likeness (QED) is 0.572. The Bertz CT molecular complexity index is 624. The molecule has 88 valence electrons. The number of nitrogens with zero attached hydrogens (tertiary/aromatic N) is 1. The highest BCUT2D eigenvalue weighted by molar-refractivity contribution is 6.30. The summed E-state index contributed by atoms with van der Waals surface area (Å²) in [7, 11) is 0. The Morgan fingerprint density at radius 2 is 1.89 bits per heavy atom. The van der Waals surface area contributed by atoms with Crippen molar-refractivity contribution in [1.29, 1.82) is 5.26 Å². The minimum absolute atomic E-state index is 0.322. The molecule has 0 aliphatic heterocycles. The molecule has 0 saturated heterocycles. The fourth-order valence-electron chi connectivity index (χ4n) is 1.57. The highest BCUT2D eigenvalue weighted by Gasteiger charge is 2.01. The van der Waals surface area contributed by atoms with Crippen LogP contribution in [0.25, 0.3) is 11.6 Å². The van der Waals surface area contributed by atoms with Gasteiger partial charge in [-0.25, -0.2) is 4.39 Å². The van der Waals surface area contributed by atoms with Crippen LogP contribution in [0.2, 0.25) is 5.02 Å². The monoisotopic (exact) mass is 257 g/mol. The third kappa shape index (κ3) is 2.97. The Balaban J connectivity index is 2.40. The lowest BCUT2D eigenvalue weighted by molar-refractivity contribution is 0.627. The first-order valence-corrected chi connectivity index (χ1v) is 5.70. The van der Waals surface area contributed by atoms with E-state index < -0.39 is 0 Å². The van der Waals surface area contributed by atoms with Crippen LogP contribution in [0.3, 0.4) is 0 Å². The Morgan fingerprint density at radius 1 is 1.17 bits per heavy atom. The van der Waals surface area contributed by atoms with Crippen LogP contribution in [0, 0.1) is 17.1 Å². The van der Waals surface area contributed by atoms with E-state index in [0.717, 1.165) is 5.56 Å². The minimum atomic E-state index is -0.322. The normalized spacial score (nSPS) is 11.1. The van der Waals surface area contributed by atoms with Gasteiger partial charge in [0, 0.05) is 5.02 Å². The Morgan fingerprint density at radius 3 is 2.50 bits per heavy atom. The van der Waals surface area contributed by atoms with E-state index in [1.54, 1.807) is 42.5 Å². The number of rotatable bonds is 2. The van der Waals surface area contributed by atoms with Crippen molar-refractivity contribution in [2.75, 3.05) is 0 Å². The summed E-state index contributed by atoms with van der Waals surface area (Å²) in [4.78, 5) is 0. The first kappa shape index (κ1) is 12.3. The zero-order valence-corrected chi connectivity index (χ0v) is 10.2. The molecule has 3 heteroatoms. The summed E-state index contributed by atoms with van der Waals surface area (Å²) in [6.07, 6.45) is 1.65. The van der Waals surface area contributed by atoms with Crippen molar-refractivity contribution < 1.29 is 4.39 Å². The van der Waals surface area contributed by atoms with Crippen LogP contribution in [0.5, 0.6) is 0 Å². The van der Waals surface area contributed by atoms with Gasteiger partial charge in [0.05, 0.1) is 11.6 Å². The van der Waals surface area contributed by atoms with E-state index in [1.165, 1.54) is 12.1 Å². The number of hydrogen-bond donors (Lipinski definition) is 0. The molecular weight excluding hydrogens is 249 g/mol. The van der Waals surface area contributed by atoms with Crippen LogP contribution in [0.1, 0.15) is 11.1 Å². The minimum Gasteiger partial charge on any atom is -0.207 e. The summed E-state index contributed by atoms with van der Waals surface area (Å²) in [6, 6.07) is 15.2. The summed E-state index contributed by atoms with van der Waals surface area (Å²) in [5, 5.41) is 9.75. The van der Waals surface area contributed by atoms with E-state index in [2.05, 4.69) is 6.07 Å². The second-order valence-corrected chi connectivity index (χ2v) is 4.17. The molecule has 0 N–H and O–H groups in total. The molecule has 0 aliphatic rings. The predicted octanol–water partition coefficient (Wildman–Crippen LogP) is 4.54. The third-order valence-corrected chi connectivity index (χ3v) is 2.69. The summed E-state index contributed by atoms with van der Waals surface area (Å²) in [5.41, 5.74) is 1.88. The zero-order valence-electron chi connectivity index (χ0n) is 9.40. The fourth-order valence-corrected chi connectivity index (χ4v) is 1.70. The molecule has 0 atom stereocenters. The number of hydrogen-bond acceptors (Lipinski definition) is 1. The van der Waals surface area contributed by atoms with Gasteiger partial charge in [-0.1, -0.05) is 35.9 Å². The molecule has 0 heterocycles. The van der Waals surface area contributed by atoms with Crippen LogP contribution in [-0.4, -0.2) is 0 Å². The number of benzene rings is 2. The van der Waals surface area contributed by atoms with Crippen LogP contribution in [0.15, 0.2) is 48.5 Å². The van der Waals surface area contributed by atoms with Gasteiger partial charge in [0.2, 0.25) is 0 Å². The van der Waals surface area contributed by atoms with Gasteiger partial charge < -0.3 is 0 Å². The van der Waals surface area contributed by atoms with Crippen molar-refractivity contribution in [3.8, 4) is 6.07 Å². The summed E-state index contributed by atoms with van der Waals surface area (Å²) in [5.74, 6) is -0.322. The van der Waals surface area contributed by atoms with Crippen LogP contribution in [-0.2, 0) is 0 Å². The fraction of sp³-hybridized carbons (Fsp3) is 0. The average molecular weight is 258 g/mol. The number of nitriles is 1. The van der Waals surface area contributed by atoms with Gasteiger partial charge in [-0.15, -0.1) is 0 Å². The summed E-state index contributed by atoms with van der Waals surface area (Å²) < 4.78 is 13.0. The molecule has 2 aromatic rings. The molecular formula is C15H9ClFN. The molecule has 18 heavy (non-hydrogen) atoms. The van der Waals surface area contributed by atoms with E-state index in [4.69, 9.17) is 16.9 Å². The number of halogens is 2. The SMILES string of the molecule is N#CC(=Cc1cccc(F)c1)c1ccc(Cl)cc1. The molecule has 0 unspecified atom stereocenters. The molecule has 1 nitrogen and oxygen atoms in total. The lowest BCUT2D eigenvalue weighted by atomic mass is 10.0. The van der Waals surface area contributed by atoms with Gasteiger partial charge in [0.25, 0.3) is 0 Å². The Labute approximate surface area is 110 Å². The second kappa shape index (κ2) is 5.48. The maximum Gasteiger partial charge on any atom is 0.123 e. The van der Waals surface area contributed by atoms with Crippen molar-refractivity contribution in [2.24, 2.45) is 0 Å². The van der Waals surface area contributed by atoms with E-state index in [1.807, 2.05) is 0 Å². The van der Waals surface area contributed by atoms with Crippen molar-refractivity contribution in [3.63, 3.8) is 0 Å². The smallest absolute Gasteiger partial charge is 0.123 e. The van der Waals surface area contributed by atoms with Crippen molar-refractivity contribution in [1.82, 2.24) is 0 Å². The van der Waals surface area contributed by atoms with Crippen molar-refractivity contribution >= 4 is 23.3 Å². The van der Waals surface area contributed by atoms with Gasteiger partial charge in [-0.2, -0.15) is 5.26 Å². The van der Waals surface area contributed by atoms with Gasteiger partial charge in [-0.3, -0.25) is 0 Å². The molecule has 0 aliphatic carbocycles. The van der Waals surface area contributed by atoms with Crippen molar-refractivity contribution in [3.05, 3.63) is 70.5 Å². The van der Waals surface area contributed by atoms with Crippen molar-refractivity contribution in [2.45, 2.75) is 0 Å². The largest absolute Gasteiger partial charge is 0.207 e. The zero-order chi connectivity index (χ0) is 13.0. The molecule has 0 fully saturated rings. The first-order valence-electron chi connectivity index (χ1n) is 5.32. The highest BCUT2D eigenvalue weighted by atomic mass is 35.5. The maximum atomic E-state index is 13.0. The van der Waals surface area contributed by atoms with E-state index in [-0.39, 0.29) is 5.82 Å². The lowest BCUT2D eigenvalue weighted by Crippen LogP contribution is -1.82. The van der Waals surface area contributed by atoms with Gasteiger partial charge in [0.15, 0.2) is 0 Å². The summed E-state index contributed by atoms with van der Waals surface area (Å²) >= 11 is 5.79. The topological polar surface area (TPSA) is 23.8 Å². The van der Waals surface area contributed by atoms with E-state index in [0.29, 0.717) is 16.2 Å². The molecule has 0 saturated carbocycles. The molecule has 0 radical (unpaired) electrons. The molecule has 0 aromatic heterocycles. The summed E-state index contributed by atoms with van der Waals surface area (Å²) in [6.45, 7) is 0. The Kier molecular flexibility index (Phi) is 3.76. The highest BCUT2D eigenvalue weighted by Crippen LogP contribution is 2.20. The van der Waals surface area contributed by atoms with Gasteiger partial charge in [-0.05, 0) is 41.5 Å². The van der Waals surface area contributed by atoms with Gasteiger partial charge in [0.1, 0.15) is 5.82 Å².